The van der Waals surface area contributed by atoms with E-state index in [9.17, 15) is 8.42 Å². The first-order valence-corrected chi connectivity index (χ1v) is 7.66. The predicted molar refractivity (Wildman–Crippen MR) is 79.7 cm³/mol. The van der Waals surface area contributed by atoms with Crippen molar-refractivity contribution in [3.63, 3.8) is 0 Å². The van der Waals surface area contributed by atoms with Gasteiger partial charge in [-0.25, -0.2) is 8.42 Å². The van der Waals surface area contributed by atoms with E-state index < -0.39 is 10.0 Å². The minimum atomic E-state index is -3.56. The van der Waals surface area contributed by atoms with Crippen LogP contribution in [0, 0.1) is 13.8 Å². The van der Waals surface area contributed by atoms with Gasteiger partial charge >= 0.3 is 0 Å². The molecular formula is C15H17NO3S. The van der Waals surface area contributed by atoms with Crippen molar-refractivity contribution in [2.24, 2.45) is 0 Å². The topological polar surface area (TPSA) is 55.4 Å². The van der Waals surface area contributed by atoms with Crippen LogP contribution in [-0.4, -0.2) is 15.5 Å². The second-order valence-corrected chi connectivity index (χ2v) is 6.17. The zero-order valence-electron chi connectivity index (χ0n) is 11.7. The Morgan fingerprint density at radius 2 is 1.60 bits per heavy atom. The van der Waals surface area contributed by atoms with Crippen LogP contribution in [0.1, 0.15) is 11.1 Å². The number of anilines is 1. The van der Waals surface area contributed by atoms with Gasteiger partial charge in [-0.2, -0.15) is 0 Å². The molecule has 4 nitrogen and oxygen atoms in total. The highest BCUT2D eigenvalue weighted by atomic mass is 32.2. The molecule has 0 aliphatic heterocycles. The molecule has 0 saturated carbocycles. The largest absolute Gasteiger partial charge is 0.496 e. The Balaban J connectivity index is 2.38. The summed E-state index contributed by atoms with van der Waals surface area (Å²) in [5.74, 6) is 0.741. The van der Waals surface area contributed by atoms with Gasteiger partial charge in [0.15, 0.2) is 0 Å². The van der Waals surface area contributed by atoms with Gasteiger partial charge in [0.1, 0.15) is 5.75 Å². The molecule has 0 aliphatic carbocycles. The van der Waals surface area contributed by atoms with Crippen LogP contribution in [0.4, 0.5) is 5.69 Å². The summed E-state index contributed by atoms with van der Waals surface area (Å²) in [6.07, 6.45) is 0. The van der Waals surface area contributed by atoms with Crippen LogP contribution in [0.15, 0.2) is 47.4 Å². The van der Waals surface area contributed by atoms with Gasteiger partial charge < -0.3 is 4.74 Å². The van der Waals surface area contributed by atoms with Gasteiger partial charge in [-0.3, -0.25) is 4.72 Å². The van der Waals surface area contributed by atoms with Crippen molar-refractivity contribution >= 4 is 15.7 Å². The third-order valence-electron chi connectivity index (χ3n) is 3.26. The van der Waals surface area contributed by atoms with Crippen LogP contribution < -0.4 is 9.46 Å². The molecule has 2 aromatic carbocycles. The average molecular weight is 291 g/mol. The molecule has 0 atom stereocenters. The summed E-state index contributed by atoms with van der Waals surface area (Å²) < 4.78 is 32.4. The predicted octanol–water partition coefficient (Wildman–Crippen LogP) is 3.11. The highest BCUT2D eigenvalue weighted by Gasteiger charge is 2.16. The van der Waals surface area contributed by atoms with Crippen LogP contribution in [0.5, 0.6) is 5.75 Å². The van der Waals surface area contributed by atoms with Gasteiger partial charge in [-0.05, 0) is 49.2 Å². The fraction of sp³-hybridized carbons (Fsp3) is 0.200. The van der Waals surface area contributed by atoms with E-state index in [0.717, 1.165) is 16.9 Å². The van der Waals surface area contributed by atoms with Crippen molar-refractivity contribution < 1.29 is 13.2 Å². The zero-order valence-corrected chi connectivity index (χ0v) is 12.5. The monoisotopic (exact) mass is 291 g/mol. The maximum Gasteiger partial charge on any atom is 0.261 e. The number of rotatable bonds is 4. The first kappa shape index (κ1) is 14.4. The van der Waals surface area contributed by atoms with Gasteiger partial charge in [0.2, 0.25) is 0 Å². The molecule has 0 radical (unpaired) electrons. The van der Waals surface area contributed by atoms with E-state index in [1.54, 1.807) is 49.6 Å². The number of hydrogen-bond acceptors (Lipinski definition) is 3. The van der Waals surface area contributed by atoms with Crippen molar-refractivity contribution in [2.75, 3.05) is 11.8 Å². The number of sulfonamides is 1. The molecule has 0 spiro atoms. The molecular weight excluding hydrogens is 274 g/mol. The Morgan fingerprint density at radius 1 is 0.950 bits per heavy atom. The molecule has 0 bridgehead atoms. The molecule has 0 aromatic heterocycles. The summed E-state index contributed by atoms with van der Waals surface area (Å²) in [6, 6.07) is 11.8. The lowest BCUT2D eigenvalue weighted by atomic mass is 10.1. The summed E-state index contributed by atoms with van der Waals surface area (Å²) in [5.41, 5.74) is 2.33. The van der Waals surface area contributed by atoms with E-state index in [4.69, 9.17) is 4.74 Å². The van der Waals surface area contributed by atoms with Gasteiger partial charge in [0, 0.05) is 0 Å². The Kier molecular flexibility index (Phi) is 3.99. The zero-order chi connectivity index (χ0) is 14.8. The molecule has 0 unspecified atom stereocenters. The SMILES string of the molecule is COc1ccc(NS(=O)(=O)c2ccccc2)c(C)c1C. The Labute approximate surface area is 119 Å². The van der Waals surface area contributed by atoms with Crippen molar-refractivity contribution in [2.45, 2.75) is 18.7 Å². The lowest BCUT2D eigenvalue weighted by Gasteiger charge is -2.14. The van der Waals surface area contributed by atoms with Gasteiger partial charge in [0.25, 0.3) is 10.0 Å². The molecule has 0 saturated heterocycles. The third kappa shape index (κ3) is 2.77. The summed E-state index contributed by atoms with van der Waals surface area (Å²) in [4.78, 5) is 0.243. The minimum Gasteiger partial charge on any atom is -0.496 e. The summed E-state index contributed by atoms with van der Waals surface area (Å²) in [5, 5.41) is 0. The third-order valence-corrected chi connectivity index (χ3v) is 4.64. The van der Waals surface area contributed by atoms with Crippen LogP contribution in [0.2, 0.25) is 0 Å². The van der Waals surface area contributed by atoms with Crippen LogP contribution in [-0.2, 0) is 10.0 Å². The lowest BCUT2D eigenvalue weighted by molar-refractivity contribution is 0.411. The van der Waals surface area contributed by atoms with Crippen molar-refractivity contribution in [1.82, 2.24) is 0 Å². The number of hydrogen-bond donors (Lipinski definition) is 1. The Morgan fingerprint density at radius 3 is 2.20 bits per heavy atom. The quantitative estimate of drug-likeness (QED) is 0.941. The molecule has 20 heavy (non-hydrogen) atoms. The molecule has 1 N–H and O–H groups in total. The van der Waals surface area contributed by atoms with E-state index in [1.165, 1.54) is 0 Å². The maximum atomic E-state index is 12.3. The van der Waals surface area contributed by atoms with Crippen LogP contribution in [0.3, 0.4) is 0 Å². The number of ether oxygens (including phenoxy) is 1. The fourth-order valence-electron chi connectivity index (χ4n) is 1.93. The van der Waals surface area contributed by atoms with Gasteiger partial charge in [-0.15, -0.1) is 0 Å². The van der Waals surface area contributed by atoms with Crippen molar-refractivity contribution in [3.8, 4) is 5.75 Å². The average Bonchev–Trinajstić information content (AvgIpc) is 2.45. The van der Waals surface area contributed by atoms with E-state index in [1.807, 2.05) is 13.8 Å². The first-order valence-electron chi connectivity index (χ1n) is 6.18. The maximum absolute atomic E-state index is 12.3. The number of benzene rings is 2. The molecule has 0 amide bonds. The van der Waals surface area contributed by atoms with Gasteiger partial charge in [-0.1, -0.05) is 18.2 Å². The second-order valence-electron chi connectivity index (χ2n) is 4.48. The highest BCUT2D eigenvalue weighted by Crippen LogP contribution is 2.28. The molecule has 2 aromatic rings. The number of nitrogens with one attached hydrogen (secondary N) is 1. The van der Waals surface area contributed by atoms with Crippen LogP contribution in [0.25, 0.3) is 0 Å². The summed E-state index contributed by atoms with van der Waals surface area (Å²) in [6.45, 7) is 3.76. The van der Waals surface area contributed by atoms with Crippen molar-refractivity contribution in [3.05, 3.63) is 53.6 Å². The number of methoxy groups -OCH3 is 1. The van der Waals surface area contributed by atoms with E-state index in [-0.39, 0.29) is 4.90 Å². The normalized spacial score (nSPS) is 11.2. The first-order chi connectivity index (χ1) is 9.45. The fourth-order valence-corrected chi connectivity index (χ4v) is 3.07. The molecule has 2 rings (SSSR count). The standard InChI is InChI=1S/C15H17NO3S/c1-11-12(2)15(19-3)10-9-14(11)16-20(17,18)13-7-5-4-6-8-13/h4-10,16H,1-3H3. The molecule has 0 fully saturated rings. The summed E-state index contributed by atoms with van der Waals surface area (Å²) >= 11 is 0. The van der Waals surface area contributed by atoms with E-state index in [0.29, 0.717) is 5.69 Å². The molecule has 106 valence electrons. The molecule has 0 heterocycles. The second kappa shape index (κ2) is 5.54. The molecule has 0 aliphatic rings. The minimum absolute atomic E-state index is 0.243. The Bertz CT molecular complexity index is 709. The van der Waals surface area contributed by atoms with Crippen molar-refractivity contribution in [1.29, 1.82) is 0 Å². The smallest absolute Gasteiger partial charge is 0.261 e. The molecule has 5 heteroatoms. The van der Waals surface area contributed by atoms with Gasteiger partial charge in [0.05, 0.1) is 17.7 Å². The Hall–Kier alpha value is -2.01. The highest BCUT2D eigenvalue weighted by molar-refractivity contribution is 7.92. The van der Waals surface area contributed by atoms with E-state index in [2.05, 4.69) is 4.72 Å². The van der Waals surface area contributed by atoms with Crippen LogP contribution >= 0.6 is 0 Å². The summed E-state index contributed by atoms with van der Waals surface area (Å²) in [7, 11) is -1.97. The lowest BCUT2D eigenvalue weighted by Crippen LogP contribution is -2.14. The van der Waals surface area contributed by atoms with E-state index >= 15 is 0 Å².